The van der Waals surface area contributed by atoms with Crippen molar-refractivity contribution >= 4 is 43.4 Å². The lowest BCUT2D eigenvalue weighted by Gasteiger charge is -2.35. The van der Waals surface area contributed by atoms with Gasteiger partial charge in [-0.25, -0.2) is 10.1 Å². The van der Waals surface area contributed by atoms with E-state index < -0.39 is 5.92 Å². The van der Waals surface area contributed by atoms with Crippen molar-refractivity contribution in [3.8, 4) is 0 Å². The number of aromatic nitrogens is 3. The minimum Gasteiger partial charge on any atom is -0.345 e. The Morgan fingerprint density at radius 3 is 2.50 bits per heavy atom. The maximum absolute atomic E-state index is 13.2. The zero-order chi connectivity index (χ0) is 20.7. The summed E-state index contributed by atoms with van der Waals surface area (Å²) in [6.45, 7) is 4.63. The van der Waals surface area contributed by atoms with Gasteiger partial charge in [0, 0.05) is 31.6 Å². The average molecular weight is 420 g/mol. The van der Waals surface area contributed by atoms with Crippen molar-refractivity contribution in [3.63, 3.8) is 0 Å². The van der Waals surface area contributed by atoms with Crippen molar-refractivity contribution < 1.29 is 4.79 Å². The lowest BCUT2D eigenvalue weighted by molar-refractivity contribution is -0.132. The van der Waals surface area contributed by atoms with E-state index in [1.807, 2.05) is 48.2 Å². The van der Waals surface area contributed by atoms with Crippen LogP contribution in [0.5, 0.6) is 0 Å². The van der Waals surface area contributed by atoms with Gasteiger partial charge in [0.2, 0.25) is 5.91 Å². The second-order valence-electron chi connectivity index (χ2n) is 7.48. The summed E-state index contributed by atoms with van der Waals surface area (Å²) in [5.41, 5.74) is 1.39. The number of H-pyrrole nitrogens is 1. The molecule has 0 spiro atoms. The van der Waals surface area contributed by atoms with Gasteiger partial charge in [-0.15, -0.1) is 0 Å². The molecule has 1 atom stereocenters. The van der Waals surface area contributed by atoms with Gasteiger partial charge >= 0.3 is 0 Å². The molecular formula is C22H21N5O2S. The molecule has 1 unspecified atom stereocenters. The van der Waals surface area contributed by atoms with E-state index in [-0.39, 0.29) is 11.5 Å². The number of para-hydroxylation sites is 1. The van der Waals surface area contributed by atoms with Crippen molar-refractivity contribution in [2.45, 2.75) is 12.8 Å². The minimum absolute atomic E-state index is 0.0312. The zero-order valence-corrected chi connectivity index (χ0v) is 17.4. The Morgan fingerprint density at radius 2 is 1.73 bits per heavy atom. The molecule has 0 saturated carbocycles. The summed E-state index contributed by atoms with van der Waals surface area (Å²) in [4.78, 5) is 34.1. The van der Waals surface area contributed by atoms with Crippen molar-refractivity contribution in [2.24, 2.45) is 0 Å². The van der Waals surface area contributed by atoms with Gasteiger partial charge in [-0.2, -0.15) is 5.10 Å². The lowest BCUT2D eigenvalue weighted by Crippen LogP contribution is -2.50. The van der Waals surface area contributed by atoms with Gasteiger partial charge in [0.1, 0.15) is 0 Å². The molecule has 4 aromatic rings. The van der Waals surface area contributed by atoms with Gasteiger partial charge < -0.3 is 9.80 Å². The summed E-state index contributed by atoms with van der Waals surface area (Å²) in [7, 11) is 0. The molecule has 2 aromatic heterocycles. The van der Waals surface area contributed by atoms with Crippen LogP contribution in [0, 0.1) is 0 Å². The van der Waals surface area contributed by atoms with Gasteiger partial charge in [0.05, 0.1) is 27.2 Å². The van der Waals surface area contributed by atoms with Crippen LogP contribution in [0.4, 0.5) is 5.13 Å². The first-order chi connectivity index (χ1) is 14.6. The van der Waals surface area contributed by atoms with E-state index in [2.05, 4.69) is 21.2 Å². The van der Waals surface area contributed by atoms with Gasteiger partial charge in [-0.05, 0) is 25.1 Å². The molecule has 7 nitrogen and oxygen atoms in total. The number of hydrogen-bond acceptors (Lipinski definition) is 6. The van der Waals surface area contributed by atoms with E-state index in [0.717, 1.165) is 29.1 Å². The number of carbonyl (C=O) groups is 1. The van der Waals surface area contributed by atoms with Gasteiger partial charge in [-0.1, -0.05) is 41.7 Å². The number of carbonyl (C=O) groups excluding carboxylic acids is 1. The summed E-state index contributed by atoms with van der Waals surface area (Å²) in [6.07, 6.45) is 0. The van der Waals surface area contributed by atoms with Crippen LogP contribution in [-0.2, 0) is 4.79 Å². The molecule has 2 aromatic carbocycles. The largest absolute Gasteiger partial charge is 0.345 e. The fourth-order valence-corrected chi connectivity index (χ4v) is 4.99. The third-order valence-corrected chi connectivity index (χ3v) is 6.75. The highest BCUT2D eigenvalue weighted by Gasteiger charge is 2.28. The maximum atomic E-state index is 13.2. The Hall–Kier alpha value is -3.26. The normalized spacial score (nSPS) is 15.6. The van der Waals surface area contributed by atoms with Crippen molar-refractivity contribution in [1.29, 1.82) is 0 Å². The summed E-state index contributed by atoms with van der Waals surface area (Å²) in [5.74, 6) is -0.399. The zero-order valence-electron chi connectivity index (χ0n) is 16.5. The maximum Gasteiger partial charge on any atom is 0.272 e. The Balaban J connectivity index is 1.32. The predicted octanol–water partition coefficient (Wildman–Crippen LogP) is 2.99. The van der Waals surface area contributed by atoms with Gasteiger partial charge in [0.15, 0.2) is 5.13 Å². The van der Waals surface area contributed by atoms with Gasteiger partial charge in [-0.3, -0.25) is 9.59 Å². The monoisotopic (exact) mass is 419 g/mol. The first kappa shape index (κ1) is 18.7. The number of hydrogen-bond donors (Lipinski definition) is 1. The molecule has 1 N–H and O–H groups in total. The van der Waals surface area contributed by atoms with Crippen molar-refractivity contribution in [1.82, 2.24) is 20.1 Å². The van der Waals surface area contributed by atoms with Crippen molar-refractivity contribution in [2.75, 3.05) is 31.1 Å². The molecule has 8 heteroatoms. The molecule has 0 radical (unpaired) electrons. The predicted molar refractivity (Wildman–Crippen MR) is 119 cm³/mol. The van der Waals surface area contributed by atoms with Crippen LogP contribution in [0.3, 0.4) is 0 Å². The van der Waals surface area contributed by atoms with Crippen LogP contribution in [-0.4, -0.2) is 52.2 Å². The number of nitrogens with one attached hydrogen (secondary N) is 1. The Labute approximate surface area is 177 Å². The summed E-state index contributed by atoms with van der Waals surface area (Å²) >= 11 is 1.69. The average Bonchev–Trinajstić information content (AvgIpc) is 3.23. The molecular weight excluding hydrogens is 398 g/mol. The Kier molecular flexibility index (Phi) is 4.71. The number of rotatable bonds is 3. The highest BCUT2D eigenvalue weighted by Crippen LogP contribution is 2.30. The number of nitrogens with zero attached hydrogens (tertiary/aromatic N) is 4. The Bertz CT molecular complexity index is 1260. The molecule has 3 heterocycles. The molecule has 1 aliphatic rings. The minimum atomic E-state index is -0.430. The number of amides is 1. The molecule has 1 fully saturated rings. The van der Waals surface area contributed by atoms with Crippen LogP contribution >= 0.6 is 11.3 Å². The number of benzene rings is 2. The first-order valence-corrected chi connectivity index (χ1v) is 10.8. The molecule has 1 saturated heterocycles. The van der Waals surface area contributed by atoms with Crippen LogP contribution < -0.4 is 10.5 Å². The van der Waals surface area contributed by atoms with Crippen molar-refractivity contribution in [3.05, 3.63) is 64.6 Å². The molecule has 0 aliphatic carbocycles. The highest BCUT2D eigenvalue weighted by atomic mass is 32.1. The number of fused-ring (bicyclic) bond motifs is 2. The topological polar surface area (TPSA) is 82.2 Å². The number of piperazine rings is 1. The quantitative estimate of drug-likeness (QED) is 0.552. The molecule has 1 amide bonds. The highest BCUT2D eigenvalue weighted by molar-refractivity contribution is 7.22. The molecule has 1 aliphatic heterocycles. The lowest BCUT2D eigenvalue weighted by atomic mass is 10.00. The number of anilines is 1. The third kappa shape index (κ3) is 3.23. The fraction of sp³-hybridized carbons (Fsp3) is 0.273. The van der Waals surface area contributed by atoms with E-state index in [0.29, 0.717) is 24.2 Å². The molecule has 30 heavy (non-hydrogen) atoms. The Morgan fingerprint density at radius 1 is 1.03 bits per heavy atom. The number of thiazole rings is 1. The molecule has 0 bridgehead atoms. The van der Waals surface area contributed by atoms with E-state index in [1.165, 1.54) is 4.70 Å². The molecule has 5 rings (SSSR count). The van der Waals surface area contributed by atoms with Crippen LogP contribution in [0.1, 0.15) is 18.5 Å². The van der Waals surface area contributed by atoms with E-state index in [1.54, 1.807) is 17.4 Å². The summed E-state index contributed by atoms with van der Waals surface area (Å²) < 4.78 is 1.18. The standard InChI is InChI=1S/C22H21N5O2S/c1-14(19-15-6-2-3-7-16(15)20(28)25-24-19)21(29)26-10-12-27(13-11-26)22-23-17-8-4-5-9-18(17)30-22/h2-9,14H,10-13H2,1H3,(H,25,28). The second kappa shape index (κ2) is 7.53. The van der Waals surface area contributed by atoms with Crippen LogP contribution in [0.15, 0.2) is 53.3 Å². The van der Waals surface area contributed by atoms with E-state index in [4.69, 9.17) is 4.98 Å². The SMILES string of the molecule is CC(C(=O)N1CCN(c2nc3ccccc3s2)CC1)c1n[nH]c(=O)c2ccccc12. The van der Waals surface area contributed by atoms with Crippen LogP contribution in [0.25, 0.3) is 21.0 Å². The van der Waals surface area contributed by atoms with E-state index in [9.17, 15) is 9.59 Å². The third-order valence-electron chi connectivity index (χ3n) is 5.65. The molecule has 152 valence electrons. The smallest absolute Gasteiger partial charge is 0.272 e. The fourth-order valence-electron chi connectivity index (χ4n) is 3.97. The second-order valence-corrected chi connectivity index (χ2v) is 8.49. The van der Waals surface area contributed by atoms with Crippen LogP contribution in [0.2, 0.25) is 0 Å². The van der Waals surface area contributed by atoms with Gasteiger partial charge in [0.25, 0.3) is 5.56 Å². The summed E-state index contributed by atoms with van der Waals surface area (Å²) in [5, 5.41) is 9.03. The van der Waals surface area contributed by atoms with E-state index >= 15 is 0 Å². The first-order valence-electron chi connectivity index (χ1n) is 9.98. The summed E-state index contributed by atoms with van der Waals surface area (Å²) in [6, 6.07) is 15.4. The number of aromatic amines is 1.